The molecule has 0 aromatic heterocycles. The highest BCUT2D eigenvalue weighted by molar-refractivity contribution is 6.30. The summed E-state index contributed by atoms with van der Waals surface area (Å²) < 4.78 is 4.83. The van der Waals surface area contributed by atoms with Gasteiger partial charge in [-0.05, 0) is 24.6 Å². The number of halogens is 1. The van der Waals surface area contributed by atoms with Crippen LogP contribution in [0.25, 0.3) is 0 Å². The molecule has 0 bridgehead atoms. The average molecular weight is 258 g/mol. The lowest BCUT2D eigenvalue weighted by Crippen LogP contribution is -2.30. The molecule has 17 heavy (non-hydrogen) atoms. The standard InChI is InChI=1S/C12H16ClNO3/c1-9(10-4-3-5-11(13)8-10)14(2)12(16)17-7-6-15/h3-5,8-9,15H,6-7H2,1-2H3. The van der Waals surface area contributed by atoms with Crippen LogP contribution in [0.3, 0.4) is 0 Å². The van der Waals surface area contributed by atoms with Crippen LogP contribution < -0.4 is 0 Å². The highest BCUT2D eigenvalue weighted by Crippen LogP contribution is 2.22. The number of aliphatic hydroxyl groups excluding tert-OH is 1. The number of benzene rings is 1. The molecule has 0 aliphatic rings. The molecule has 0 spiro atoms. The lowest BCUT2D eigenvalue weighted by atomic mass is 10.1. The summed E-state index contributed by atoms with van der Waals surface area (Å²) in [5.74, 6) is 0. The zero-order valence-corrected chi connectivity index (χ0v) is 10.6. The number of aliphatic hydroxyl groups is 1. The second kappa shape index (κ2) is 6.47. The Kier molecular flexibility index (Phi) is 5.25. The molecule has 1 aromatic rings. The van der Waals surface area contributed by atoms with Crippen molar-refractivity contribution in [3.05, 3.63) is 34.9 Å². The minimum atomic E-state index is -0.466. The van der Waals surface area contributed by atoms with Gasteiger partial charge in [-0.3, -0.25) is 0 Å². The van der Waals surface area contributed by atoms with E-state index in [1.54, 1.807) is 13.1 Å². The third-order valence-corrected chi connectivity index (χ3v) is 2.75. The van der Waals surface area contributed by atoms with Gasteiger partial charge in [-0.15, -0.1) is 0 Å². The first-order valence-corrected chi connectivity index (χ1v) is 5.70. The monoisotopic (exact) mass is 257 g/mol. The van der Waals surface area contributed by atoms with Gasteiger partial charge in [-0.1, -0.05) is 23.7 Å². The van der Waals surface area contributed by atoms with Crippen LogP contribution in [0, 0.1) is 0 Å². The van der Waals surface area contributed by atoms with Crippen molar-refractivity contribution >= 4 is 17.7 Å². The van der Waals surface area contributed by atoms with E-state index in [1.807, 2.05) is 25.1 Å². The zero-order chi connectivity index (χ0) is 12.8. The van der Waals surface area contributed by atoms with E-state index in [-0.39, 0.29) is 19.3 Å². The fourth-order valence-electron chi connectivity index (χ4n) is 1.38. The summed E-state index contributed by atoms with van der Waals surface area (Å²) in [5.41, 5.74) is 0.931. The maximum Gasteiger partial charge on any atom is 0.410 e. The molecule has 0 fully saturated rings. The highest BCUT2D eigenvalue weighted by Gasteiger charge is 2.18. The maximum atomic E-state index is 11.6. The van der Waals surface area contributed by atoms with Gasteiger partial charge < -0.3 is 14.7 Å². The predicted octanol–water partition coefficient (Wildman–Crippen LogP) is 2.46. The first-order chi connectivity index (χ1) is 8.06. The molecule has 0 aliphatic heterocycles. The molecular weight excluding hydrogens is 242 g/mol. The van der Waals surface area contributed by atoms with Gasteiger partial charge in [0.2, 0.25) is 0 Å². The first-order valence-electron chi connectivity index (χ1n) is 5.32. The van der Waals surface area contributed by atoms with Gasteiger partial charge in [0.25, 0.3) is 0 Å². The fraction of sp³-hybridized carbons (Fsp3) is 0.417. The van der Waals surface area contributed by atoms with Crippen LogP contribution in [0.1, 0.15) is 18.5 Å². The summed E-state index contributed by atoms with van der Waals surface area (Å²) in [5, 5.41) is 9.21. The summed E-state index contributed by atoms with van der Waals surface area (Å²) in [6.45, 7) is 1.71. The quantitative estimate of drug-likeness (QED) is 0.901. The lowest BCUT2D eigenvalue weighted by molar-refractivity contribution is 0.0819. The van der Waals surface area contributed by atoms with E-state index in [1.165, 1.54) is 4.90 Å². The molecule has 0 radical (unpaired) electrons. The van der Waals surface area contributed by atoms with Gasteiger partial charge in [0.05, 0.1) is 12.6 Å². The summed E-state index contributed by atoms with van der Waals surface area (Å²) in [4.78, 5) is 13.0. The highest BCUT2D eigenvalue weighted by atomic mass is 35.5. The second-order valence-electron chi connectivity index (χ2n) is 3.68. The van der Waals surface area contributed by atoms with E-state index in [9.17, 15) is 4.79 Å². The summed E-state index contributed by atoms with van der Waals surface area (Å²) in [6, 6.07) is 7.18. The van der Waals surface area contributed by atoms with Crippen molar-refractivity contribution in [3.8, 4) is 0 Å². The Morgan fingerprint density at radius 2 is 2.29 bits per heavy atom. The molecule has 0 saturated carbocycles. The Balaban J connectivity index is 2.69. The SMILES string of the molecule is CC(c1cccc(Cl)c1)N(C)C(=O)OCCO. The lowest BCUT2D eigenvalue weighted by Gasteiger charge is -2.24. The van der Waals surface area contributed by atoms with Gasteiger partial charge in [-0.2, -0.15) is 0 Å². The van der Waals surface area contributed by atoms with Gasteiger partial charge in [0.15, 0.2) is 0 Å². The molecule has 1 atom stereocenters. The normalized spacial score (nSPS) is 12.0. The first kappa shape index (κ1) is 13.8. The van der Waals surface area contributed by atoms with Crippen LogP contribution >= 0.6 is 11.6 Å². The third-order valence-electron chi connectivity index (χ3n) is 2.52. The molecule has 1 unspecified atom stereocenters. The summed E-state index contributed by atoms with van der Waals surface area (Å²) >= 11 is 5.89. The number of nitrogens with zero attached hydrogens (tertiary/aromatic N) is 1. The molecule has 5 heteroatoms. The van der Waals surface area contributed by atoms with Gasteiger partial charge in [-0.25, -0.2) is 4.79 Å². The van der Waals surface area contributed by atoms with E-state index in [0.717, 1.165) is 5.56 Å². The molecule has 4 nitrogen and oxygen atoms in total. The minimum absolute atomic E-state index is 0.00540. The topological polar surface area (TPSA) is 49.8 Å². The number of amides is 1. The Morgan fingerprint density at radius 1 is 1.59 bits per heavy atom. The van der Waals surface area contributed by atoms with Crippen molar-refractivity contribution in [1.82, 2.24) is 4.90 Å². The van der Waals surface area contributed by atoms with Crippen LogP contribution in [-0.2, 0) is 4.74 Å². The molecule has 1 rings (SSSR count). The number of hydrogen-bond acceptors (Lipinski definition) is 3. The van der Waals surface area contributed by atoms with E-state index in [0.29, 0.717) is 5.02 Å². The van der Waals surface area contributed by atoms with Crippen LogP contribution in [0.4, 0.5) is 4.79 Å². The van der Waals surface area contributed by atoms with Gasteiger partial charge in [0, 0.05) is 12.1 Å². The van der Waals surface area contributed by atoms with Crippen LogP contribution in [-0.4, -0.2) is 36.4 Å². The van der Waals surface area contributed by atoms with Crippen LogP contribution in [0.2, 0.25) is 5.02 Å². The smallest absolute Gasteiger partial charge is 0.410 e. The molecule has 1 amide bonds. The third kappa shape index (κ3) is 3.91. The van der Waals surface area contributed by atoms with E-state index in [4.69, 9.17) is 21.4 Å². The van der Waals surface area contributed by atoms with Gasteiger partial charge >= 0.3 is 6.09 Å². The Bertz CT molecular complexity index is 384. The van der Waals surface area contributed by atoms with Crippen molar-refractivity contribution < 1.29 is 14.6 Å². The number of carbonyl (C=O) groups is 1. The van der Waals surface area contributed by atoms with Crippen molar-refractivity contribution in [2.45, 2.75) is 13.0 Å². The molecular formula is C12H16ClNO3. The summed E-state index contributed by atoms with van der Waals surface area (Å²) in [6.07, 6.45) is -0.466. The van der Waals surface area contributed by atoms with Crippen molar-refractivity contribution in [2.24, 2.45) is 0 Å². The van der Waals surface area contributed by atoms with E-state index < -0.39 is 6.09 Å². The van der Waals surface area contributed by atoms with E-state index >= 15 is 0 Å². The minimum Gasteiger partial charge on any atom is -0.447 e. The molecule has 1 N–H and O–H groups in total. The predicted molar refractivity (Wildman–Crippen MR) is 66.1 cm³/mol. The van der Waals surface area contributed by atoms with Crippen molar-refractivity contribution in [1.29, 1.82) is 0 Å². The number of hydrogen-bond donors (Lipinski definition) is 1. The zero-order valence-electron chi connectivity index (χ0n) is 9.89. The molecule has 1 aromatic carbocycles. The van der Waals surface area contributed by atoms with Crippen molar-refractivity contribution in [3.63, 3.8) is 0 Å². The largest absolute Gasteiger partial charge is 0.447 e. The number of ether oxygens (including phenoxy) is 1. The molecule has 0 heterocycles. The van der Waals surface area contributed by atoms with Crippen LogP contribution in [0.15, 0.2) is 24.3 Å². The molecule has 0 aliphatic carbocycles. The second-order valence-corrected chi connectivity index (χ2v) is 4.12. The maximum absolute atomic E-state index is 11.6. The fourth-order valence-corrected chi connectivity index (χ4v) is 1.58. The van der Waals surface area contributed by atoms with Crippen LogP contribution in [0.5, 0.6) is 0 Å². The Hall–Kier alpha value is -1.26. The number of carbonyl (C=O) groups excluding carboxylic acids is 1. The Morgan fingerprint density at radius 3 is 2.88 bits per heavy atom. The summed E-state index contributed by atoms with van der Waals surface area (Å²) in [7, 11) is 1.64. The van der Waals surface area contributed by atoms with Gasteiger partial charge in [0.1, 0.15) is 6.61 Å². The van der Waals surface area contributed by atoms with E-state index in [2.05, 4.69) is 0 Å². The average Bonchev–Trinajstić information content (AvgIpc) is 2.34. The molecule has 94 valence electrons. The number of rotatable bonds is 4. The molecule has 0 saturated heterocycles. The van der Waals surface area contributed by atoms with Crippen molar-refractivity contribution in [2.75, 3.05) is 20.3 Å². The Labute approximate surface area is 106 Å².